The van der Waals surface area contributed by atoms with E-state index in [1.807, 2.05) is 13.0 Å². The zero-order valence-electron chi connectivity index (χ0n) is 19.2. The molecule has 4 fully saturated rings. The summed E-state index contributed by atoms with van der Waals surface area (Å²) in [4.78, 5) is 24.9. The van der Waals surface area contributed by atoms with Gasteiger partial charge in [-0.1, -0.05) is 26.8 Å². The maximum atomic E-state index is 13.8. The lowest BCUT2D eigenvalue weighted by Crippen LogP contribution is -2.58. The molecule has 4 aliphatic rings. The Hall–Kier alpha value is -1.16. The molecule has 0 saturated heterocycles. The number of fused-ring (bicyclic) bond motifs is 5. The molecule has 0 unspecified atom stereocenters. The lowest BCUT2D eigenvalue weighted by atomic mass is 9.43. The summed E-state index contributed by atoms with van der Waals surface area (Å²) in [6.45, 7) is 9.04. The molecule has 9 atom stereocenters. The van der Waals surface area contributed by atoms with E-state index in [1.165, 1.54) is 0 Å². The molecule has 30 heavy (non-hydrogen) atoms. The SMILES string of the molecule is CC=C1C(=O)[C@@H]2[C@H](CC[C@]3(C)[C@@H]([C@H](C)CCC(=O)O)CC[C@@H]23)[C@@]2(C)CC[C@@H](O)C[C@H]12. The Morgan fingerprint density at radius 1 is 1.13 bits per heavy atom. The van der Waals surface area contributed by atoms with Crippen molar-refractivity contribution in [1.29, 1.82) is 0 Å². The number of carbonyl (C=O) groups excluding carboxylic acids is 1. The molecule has 4 heteroatoms. The van der Waals surface area contributed by atoms with Crippen LogP contribution in [0.25, 0.3) is 0 Å². The average molecular weight is 417 g/mol. The van der Waals surface area contributed by atoms with Crippen LogP contribution >= 0.6 is 0 Å². The second-order valence-corrected chi connectivity index (χ2v) is 11.5. The summed E-state index contributed by atoms with van der Waals surface area (Å²) < 4.78 is 0. The standard InChI is InChI=1S/C26H40O4/c1-5-17-21-14-16(27)10-12-26(21,4)20-11-13-25(3)18(15(2)6-9-22(28)29)7-8-19(25)23(20)24(17)30/h5,15-16,18-21,23,27H,6-14H2,1-4H3,(H,28,29)/t15-,16-,18-,19+,20+,21-,23+,25-,26-/m1/s1. The fraction of sp³-hybridized carbons (Fsp3) is 0.846. The van der Waals surface area contributed by atoms with Crippen LogP contribution in [0.4, 0.5) is 0 Å². The van der Waals surface area contributed by atoms with Crippen LogP contribution in [0.15, 0.2) is 11.6 Å². The van der Waals surface area contributed by atoms with Gasteiger partial charge in [0.1, 0.15) is 0 Å². The fourth-order valence-corrected chi connectivity index (χ4v) is 8.72. The summed E-state index contributed by atoms with van der Waals surface area (Å²) in [7, 11) is 0. The van der Waals surface area contributed by atoms with Crippen molar-refractivity contribution >= 4 is 11.8 Å². The monoisotopic (exact) mass is 416 g/mol. The number of Topliss-reactive ketones (excluding diaryl/α,β-unsaturated/α-hetero) is 1. The highest BCUT2D eigenvalue weighted by molar-refractivity contribution is 5.99. The van der Waals surface area contributed by atoms with Crippen molar-refractivity contribution in [2.45, 2.75) is 91.6 Å². The normalized spacial score (nSPS) is 48.0. The lowest BCUT2D eigenvalue weighted by molar-refractivity contribution is -0.150. The van der Waals surface area contributed by atoms with Gasteiger partial charge >= 0.3 is 5.97 Å². The van der Waals surface area contributed by atoms with Gasteiger partial charge in [0.15, 0.2) is 5.78 Å². The number of hydrogen-bond donors (Lipinski definition) is 2. The number of aliphatic carboxylic acids is 1. The first kappa shape index (κ1) is 22.0. The number of rotatable bonds is 4. The van der Waals surface area contributed by atoms with E-state index >= 15 is 0 Å². The van der Waals surface area contributed by atoms with Gasteiger partial charge in [-0.3, -0.25) is 9.59 Å². The molecule has 0 aliphatic heterocycles. The lowest BCUT2D eigenvalue weighted by Gasteiger charge is -2.61. The minimum absolute atomic E-state index is 0.114. The molecule has 0 aromatic carbocycles. The maximum Gasteiger partial charge on any atom is 0.303 e. The third kappa shape index (κ3) is 3.20. The van der Waals surface area contributed by atoms with E-state index in [4.69, 9.17) is 5.11 Å². The van der Waals surface area contributed by atoms with Crippen LogP contribution < -0.4 is 0 Å². The topological polar surface area (TPSA) is 74.6 Å². The van der Waals surface area contributed by atoms with Gasteiger partial charge < -0.3 is 10.2 Å². The molecule has 4 nitrogen and oxygen atoms in total. The number of ketones is 1. The smallest absolute Gasteiger partial charge is 0.303 e. The first-order valence-electron chi connectivity index (χ1n) is 12.2. The highest BCUT2D eigenvalue weighted by Crippen LogP contribution is 2.68. The average Bonchev–Trinajstić information content (AvgIpc) is 3.05. The van der Waals surface area contributed by atoms with Crippen molar-refractivity contribution in [3.63, 3.8) is 0 Å². The van der Waals surface area contributed by atoms with Gasteiger partial charge in [-0.15, -0.1) is 0 Å². The van der Waals surface area contributed by atoms with Crippen molar-refractivity contribution < 1.29 is 19.8 Å². The second kappa shape index (κ2) is 7.76. The van der Waals surface area contributed by atoms with E-state index < -0.39 is 5.97 Å². The fourth-order valence-electron chi connectivity index (χ4n) is 8.72. The first-order chi connectivity index (χ1) is 14.1. The Kier molecular flexibility index (Phi) is 5.70. The molecular weight excluding hydrogens is 376 g/mol. The zero-order valence-corrected chi connectivity index (χ0v) is 19.2. The number of allylic oxidation sites excluding steroid dienone is 2. The van der Waals surface area contributed by atoms with E-state index in [2.05, 4.69) is 20.8 Å². The maximum absolute atomic E-state index is 13.8. The van der Waals surface area contributed by atoms with Crippen molar-refractivity contribution in [3.05, 3.63) is 11.6 Å². The molecular formula is C26H40O4. The number of carboxylic acids is 1. The molecule has 0 radical (unpaired) electrons. The van der Waals surface area contributed by atoms with Gasteiger partial charge in [-0.25, -0.2) is 0 Å². The molecule has 4 saturated carbocycles. The molecule has 0 amide bonds. The van der Waals surface area contributed by atoms with Gasteiger partial charge in [0.2, 0.25) is 0 Å². The van der Waals surface area contributed by atoms with Gasteiger partial charge in [0.25, 0.3) is 0 Å². The first-order valence-corrected chi connectivity index (χ1v) is 12.2. The van der Waals surface area contributed by atoms with Crippen molar-refractivity contribution in [2.24, 2.45) is 46.3 Å². The summed E-state index contributed by atoms with van der Waals surface area (Å²) in [6, 6.07) is 0. The largest absolute Gasteiger partial charge is 0.481 e. The van der Waals surface area contributed by atoms with Crippen molar-refractivity contribution in [3.8, 4) is 0 Å². The second-order valence-electron chi connectivity index (χ2n) is 11.5. The molecule has 0 bridgehead atoms. The Balaban J connectivity index is 1.64. The van der Waals surface area contributed by atoms with E-state index in [1.54, 1.807) is 0 Å². The highest BCUT2D eigenvalue weighted by Gasteiger charge is 2.64. The van der Waals surface area contributed by atoms with E-state index in [0.29, 0.717) is 29.5 Å². The van der Waals surface area contributed by atoms with Gasteiger partial charge in [0.05, 0.1) is 6.10 Å². The summed E-state index contributed by atoms with van der Waals surface area (Å²) in [5.74, 6) is 1.74. The molecule has 4 rings (SSSR count). The quantitative estimate of drug-likeness (QED) is 0.614. The van der Waals surface area contributed by atoms with Crippen LogP contribution in [0.3, 0.4) is 0 Å². The molecule has 2 N–H and O–H groups in total. The van der Waals surface area contributed by atoms with Gasteiger partial charge in [0, 0.05) is 12.3 Å². The van der Waals surface area contributed by atoms with E-state index in [-0.39, 0.29) is 35.2 Å². The molecule has 0 heterocycles. The van der Waals surface area contributed by atoms with Crippen LogP contribution in [0, 0.1) is 46.3 Å². The molecule has 0 aromatic rings. The minimum atomic E-state index is -0.705. The number of hydrogen-bond acceptors (Lipinski definition) is 3. The van der Waals surface area contributed by atoms with E-state index in [9.17, 15) is 14.7 Å². The van der Waals surface area contributed by atoms with Gasteiger partial charge in [-0.2, -0.15) is 0 Å². The molecule has 168 valence electrons. The predicted molar refractivity (Wildman–Crippen MR) is 117 cm³/mol. The Morgan fingerprint density at radius 3 is 2.47 bits per heavy atom. The van der Waals surface area contributed by atoms with Crippen LogP contribution in [-0.2, 0) is 9.59 Å². The number of carbonyl (C=O) groups is 2. The zero-order chi connectivity index (χ0) is 21.8. The van der Waals surface area contributed by atoms with E-state index in [0.717, 1.165) is 56.9 Å². The minimum Gasteiger partial charge on any atom is -0.481 e. The third-order valence-corrected chi connectivity index (χ3v) is 10.3. The Morgan fingerprint density at radius 2 is 1.80 bits per heavy atom. The van der Waals surface area contributed by atoms with Crippen LogP contribution in [0.5, 0.6) is 0 Å². The molecule has 4 aliphatic carbocycles. The number of aliphatic hydroxyl groups is 1. The summed E-state index contributed by atoms with van der Waals surface area (Å²) in [5.41, 5.74) is 1.25. The Labute approximate surface area is 181 Å². The van der Waals surface area contributed by atoms with Crippen LogP contribution in [0.2, 0.25) is 0 Å². The molecule has 0 aromatic heterocycles. The predicted octanol–water partition coefficient (Wildman–Crippen LogP) is 5.24. The summed E-state index contributed by atoms with van der Waals surface area (Å²) in [6.07, 6.45) is 9.86. The number of carboxylic acid groups (broad SMARTS) is 1. The Bertz CT molecular complexity index is 741. The van der Waals surface area contributed by atoms with Crippen LogP contribution in [-0.4, -0.2) is 28.1 Å². The molecule has 0 spiro atoms. The van der Waals surface area contributed by atoms with Gasteiger partial charge in [-0.05, 0) is 104 Å². The highest BCUT2D eigenvalue weighted by atomic mass is 16.4. The summed E-state index contributed by atoms with van der Waals surface area (Å²) in [5, 5.41) is 19.5. The summed E-state index contributed by atoms with van der Waals surface area (Å²) >= 11 is 0. The number of aliphatic hydroxyl groups excluding tert-OH is 1. The van der Waals surface area contributed by atoms with Crippen molar-refractivity contribution in [2.75, 3.05) is 0 Å². The third-order valence-electron chi connectivity index (χ3n) is 10.3. The van der Waals surface area contributed by atoms with Crippen molar-refractivity contribution in [1.82, 2.24) is 0 Å². The van der Waals surface area contributed by atoms with Crippen LogP contribution in [0.1, 0.15) is 85.5 Å².